The van der Waals surface area contributed by atoms with Crippen LogP contribution >= 0.6 is 0 Å². The van der Waals surface area contributed by atoms with Crippen LogP contribution in [-0.4, -0.2) is 34.0 Å². The summed E-state index contributed by atoms with van der Waals surface area (Å²) in [6.07, 6.45) is 3.11. The van der Waals surface area contributed by atoms with Crippen molar-refractivity contribution in [3.8, 4) is 0 Å². The molecule has 6 heteroatoms. The fraction of sp³-hybridized carbons (Fsp3) is 0.579. The number of alkyl halides is 2. The molecule has 1 aromatic heterocycles. The summed E-state index contributed by atoms with van der Waals surface area (Å²) < 4.78 is 27.5. The molecule has 1 saturated heterocycles. The van der Waals surface area contributed by atoms with Gasteiger partial charge in [0.25, 0.3) is 12.0 Å². The van der Waals surface area contributed by atoms with Gasteiger partial charge in [-0.25, -0.2) is 13.8 Å². The molecule has 0 amide bonds. The fourth-order valence-electron chi connectivity index (χ4n) is 4.10. The third kappa shape index (κ3) is 3.19. The number of nitrogens with zero attached hydrogens (tertiary/aromatic N) is 3. The Hall–Kier alpha value is -1.82. The lowest BCUT2D eigenvalue weighted by Gasteiger charge is -2.33. The molecule has 2 aromatic rings. The molecule has 1 saturated carbocycles. The second-order valence-electron chi connectivity index (χ2n) is 7.24. The van der Waals surface area contributed by atoms with E-state index < -0.39 is 13.0 Å². The second-order valence-corrected chi connectivity index (χ2v) is 7.24. The monoisotopic (exact) mass is 347 g/mol. The van der Waals surface area contributed by atoms with Crippen LogP contribution in [0.15, 0.2) is 29.1 Å². The van der Waals surface area contributed by atoms with E-state index >= 15 is 0 Å². The molecule has 1 atom stereocenters. The molecule has 134 valence electrons. The molecule has 0 bridgehead atoms. The van der Waals surface area contributed by atoms with Crippen LogP contribution in [0, 0.1) is 5.92 Å². The Morgan fingerprint density at radius 3 is 2.68 bits per heavy atom. The Morgan fingerprint density at radius 2 is 1.96 bits per heavy atom. The predicted molar refractivity (Wildman–Crippen MR) is 92.9 cm³/mol. The van der Waals surface area contributed by atoms with Crippen LogP contribution in [0.5, 0.6) is 0 Å². The van der Waals surface area contributed by atoms with Crippen molar-refractivity contribution in [2.45, 2.75) is 51.1 Å². The van der Waals surface area contributed by atoms with Crippen LogP contribution in [0.25, 0.3) is 10.9 Å². The Bertz CT molecular complexity index is 816. The minimum absolute atomic E-state index is 0.0309. The van der Waals surface area contributed by atoms with Gasteiger partial charge in [0.2, 0.25) is 0 Å². The van der Waals surface area contributed by atoms with Crippen LogP contribution < -0.4 is 5.56 Å². The highest BCUT2D eigenvalue weighted by atomic mass is 19.3. The number of fused-ring (bicyclic) bond motifs is 1. The smallest absolute Gasteiger partial charge is 0.261 e. The molecule has 25 heavy (non-hydrogen) atoms. The minimum atomic E-state index is -2.57. The summed E-state index contributed by atoms with van der Waals surface area (Å²) in [5.41, 5.74) is 0.250. The number of benzene rings is 1. The molecule has 0 spiro atoms. The third-order valence-electron chi connectivity index (χ3n) is 5.59. The van der Waals surface area contributed by atoms with E-state index in [0.717, 1.165) is 25.9 Å². The highest BCUT2D eigenvalue weighted by molar-refractivity contribution is 5.77. The van der Waals surface area contributed by atoms with Gasteiger partial charge < -0.3 is 0 Å². The van der Waals surface area contributed by atoms with E-state index in [-0.39, 0.29) is 11.6 Å². The lowest BCUT2D eigenvalue weighted by atomic mass is 9.85. The second kappa shape index (κ2) is 6.83. The zero-order valence-electron chi connectivity index (χ0n) is 14.2. The summed E-state index contributed by atoms with van der Waals surface area (Å²) in [6, 6.07) is 7.00. The molecule has 2 aliphatic rings. The number of likely N-dealkylation sites (tertiary alicyclic amines) is 1. The van der Waals surface area contributed by atoms with E-state index in [1.807, 2.05) is 6.07 Å². The average molecular weight is 347 g/mol. The first-order valence-electron chi connectivity index (χ1n) is 9.15. The van der Waals surface area contributed by atoms with Crippen molar-refractivity contribution in [1.29, 1.82) is 0 Å². The van der Waals surface area contributed by atoms with Crippen molar-refractivity contribution in [3.63, 3.8) is 0 Å². The third-order valence-corrected chi connectivity index (χ3v) is 5.59. The van der Waals surface area contributed by atoms with Gasteiger partial charge in [-0.05, 0) is 50.3 Å². The minimum Gasteiger partial charge on any atom is -0.293 e. The Kier molecular flexibility index (Phi) is 4.54. The van der Waals surface area contributed by atoms with Crippen LogP contribution in [0.3, 0.4) is 0 Å². The van der Waals surface area contributed by atoms with Crippen molar-refractivity contribution in [2.75, 3.05) is 13.1 Å². The maximum atomic E-state index is 13.1. The quantitative estimate of drug-likeness (QED) is 0.829. The molecule has 1 aliphatic carbocycles. The van der Waals surface area contributed by atoms with Gasteiger partial charge in [0.05, 0.1) is 23.5 Å². The van der Waals surface area contributed by atoms with Crippen LogP contribution in [0.1, 0.15) is 44.0 Å². The molecule has 1 aliphatic heterocycles. The number of rotatable bonds is 5. The average Bonchev–Trinajstić information content (AvgIpc) is 3.01. The fourth-order valence-corrected chi connectivity index (χ4v) is 4.10. The van der Waals surface area contributed by atoms with E-state index in [0.29, 0.717) is 22.6 Å². The van der Waals surface area contributed by atoms with Crippen molar-refractivity contribution < 1.29 is 8.78 Å². The van der Waals surface area contributed by atoms with Crippen LogP contribution in [-0.2, 0) is 6.54 Å². The van der Waals surface area contributed by atoms with Crippen LogP contribution in [0.4, 0.5) is 8.78 Å². The van der Waals surface area contributed by atoms with Gasteiger partial charge in [0.15, 0.2) is 0 Å². The zero-order valence-corrected chi connectivity index (χ0v) is 14.2. The summed E-state index contributed by atoms with van der Waals surface area (Å²) in [7, 11) is 0. The number of para-hydroxylation sites is 1. The van der Waals surface area contributed by atoms with E-state index in [4.69, 9.17) is 0 Å². The summed E-state index contributed by atoms with van der Waals surface area (Å²) in [5, 5.41) is 0.412. The van der Waals surface area contributed by atoms with E-state index in [1.54, 1.807) is 18.2 Å². The van der Waals surface area contributed by atoms with Gasteiger partial charge in [0.1, 0.15) is 5.82 Å². The number of hydrogen-bond acceptors (Lipinski definition) is 3. The molecule has 1 unspecified atom stereocenters. The SMILES string of the molecule is O=c1c2ccccc2nc(C2CCCN2CC2CCC2)n1CC(F)F. The van der Waals surface area contributed by atoms with Crippen molar-refractivity contribution in [1.82, 2.24) is 14.5 Å². The maximum absolute atomic E-state index is 13.1. The van der Waals surface area contributed by atoms with Crippen molar-refractivity contribution in [3.05, 3.63) is 40.4 Å². The highest BCUT2D eigenvalue weighted by Gasteiger charge is 2.33. The first-order valence-corrected chi connectivity index (χ1v) is 9.15. The van der Waals surface area contributed by atoms with Gasteiger partial charge in [-0.1, -0.05) is 18.6 Å². The summed E-state index contributed by atoms with van der Waals surface area (Å²) in [6.45, 7) is 1.36. The largest absolute Gasteiger partial charge is 0.293 e. The summed E-state index contributed by atoms with van der Waals surface area (Å²) >= 11 is 0. The molecule has 2 heterocycles. The first kappa shape index (κ1) is 16.6. The lowest BCUT2D eigenvalue weighted by Crippen LogP contribution is -2.36. The summed E-state index contributed by atoms with van der Waals surface area (Å²) in [5.74, 6) is 1.22. The number of hydrogen-bond donors (Lipinski definition) is 0. The maximum Gasteiger partial charge on any atom is 0.261 e. The van der Waals surface area contributed by atoms with E-state index in [2.05, 4.69) is 9.88 Å². The lowest BCUT2D eigenvalue weighted by molar-refractivity contribution is 0.117. The van der Waals surface area contributed by atoms with Crippen molar-refractivity contribution >= 4 is 10.9 Å². The van der Waals surface area contributed by atoms with Gasteiger partial charge >= 0.3 is 0 Å². The Labute approximate surface area is 145 Å². The molecule has 0 radical (unpaired) electrons. The van der Waals surface area contributed by atoms with Crippen molar-refractivity contribution in [2.24, 2.45) is 5.92 Å². The molecule has 2 fully saturated rings. The Morgan fingerprint density at radius 1 is 1.16 bits per heavy atom. The first-order chi connectivity index (χ1) is 12.1. The van der Waals surface area contributed by atoms with Gasteiger partial charge in [-0.2, -0.15) is 0 Å². The normalized spacial score (nSPS) is 22.0. The molecular weight excluding hydrogens is 324 g/mol. The Balaban J connectivity index is 1.77. The van der Waals surface area contributed by atoms with E-state index in [9.17, 15) is 13.6 Å². The highest BCUT2D eigenvalue weighted by Crippen LogP contribution is 2.35. The number of halogens is 2. The predicted octanol–water partition coefficient (Wildman–Crippen LogP) is 3.60. The standard InChI is InChI=1S/C19H23F2N3O/c20-17(21)12-24-18(22-15-8-2-1-7-14(15)19(24)25)16-9-4-10-23(16)11-13-5-3-6-13/h1-2,7-8,13,16-17H,3-6,9-12H2. The zero-order chi connectivity index (χ0) is 17.4. The molecule has 4 rings (SSSR count). The molecular formula is C19H23F2N3O. The molecule has 1 aromatic carbocycles. The van der Waals surface area contributed by atoms with Gasteiger partial charge in [-0.15, -0.1) is 0 Å². The van der Waals surface area contributed by atoms with Gasteiger partial charge in [0, 0.05) is 6.54 Å². The number of aromatic nitrogens is 2. The summed E-state index contributed by atoms with van der Waals surface area (Å²) in [4.78, 5) is 19.8. The topological polar surface area (TPSA) is 38.1 Å². The van der Waals surface area contributed by atoms with Crippen LogP contribution in [0.2, 0.25) is 0 Å². The van der Waals surface area contributed by atoms with Gasteiger partial charge in [-0.3, -0.25) is 14.3 Å². The molecule has 0 N–H and O–H groups in total. The van der Waals surface area contributed by atoms with E-state index in [1.165, 1.54) is 23.8 Å². The molecule has 4 nitrogen and oxygen atoms in total.